The first-order valence-corrected chi connectivity index (χ1v) is 7.82. The van der Waals surface area contributed by atoms with Gasteiger partial charge in [-0.25, -0.2) is 4.79 Å². The number of phenolic OH excluding ortho intramolecular Hbond substituents is 2. The van der Waals surface area contributed by atoms with E-state index in [9.17, 15) is 30.2 Å². The molecule has 0 bridgehead atoms. The molecule has 0 aliphatic rings. The van der Waals surface area contributed by atoms with Crippen molar-refractivity contribution in [2.24, 2.45) is 0 Å². The zero-order valence-corrected chi connectivity index (χ0v) is 14.5. The van der Waals surface area contributed by atoms with Gasteiger partial charge in [-0.3, -0.25) is 15.1 Å². The van der Waals surface area contributed by atoms with E-state index in [0.29, 0.717) is 0 Å². The van der Waals surface area contributed by atoms with Gasteiger partial charge in [0.05, 0.1) is 26.8 Å². The molecule has 0 fully saturated rings. The topological polar surface area (TPSA) is 147 Å². The van der Waals surface area contributed by atoms with Crippen LogP contribution in [0.1, 0.15) is 10.4 Å². The number of pyridine rings is 1. The van der Waals surface area contributed by atoms with Crippen molar-refractivity contribution in [2.45, 2.75) is 0 Å². The van der Waals surface area contributed by atoms with Crippen molar-refractivity contribution in [1.82, 2.24) is 4.98 Å². The number of nitro benzene ring substituents is 1. The molecule has 2 heterocycles. The highest BCUT2D eigenvalue weighted by molar-refractivity contribution is 6.39. The number of furan rings is 1. The minimum Gasteiger partial charge on any atom is -0.504 e. The van der Waals surface area contributed by atoms with E-state index in [2.05, 4.69) is 4.98 Å². The third-order valence-corrected chi connectivity index (χ3v) is 4.24. The van der Waals surface area contributed by atoms with Crippen LogP contribution in [0.2, 0.25) is 10.0 Å². The molecule has 138 valence electrons. The molecule has 0 spiro atoms. The van der Waals surface area contributed by atoms with Crippen LogP contribution in [0.15, 0.2) is 35.2 Å². The second kappa shape index (κ2) is 6.78. The van der Waals surface area contributed by atoms with Gasteiger partial charge in [-0.1, -0.05) is 23.2 Å². The summed E-state index contributed by atoms with van der Waals surface area (Å²) in [4.78, 5) is 25.7. The Morgan fingerprint density at radius 2 is 1.81 bits per heavy atom. The molecule has 1 aromatic carbocycles. The normalized spacial score (nSPS) is 10.7. The summed E-state index contributed by atoms with van der Waals surface area (Å²) in [7, 11) is 0. The smallest absolute Gasteiger partial charge is 0.340 e. The zero-order chi connectivity index (χ0) is 19.9. The number of rotatable bonds is 4. The largest absolute Gasteiger partial charge is 0.504 e. The van der Waals surface area contributed by atoms with Crippen LogP contribution in [-0.4, -0.2) is 31.2 Å². The van der Waals surface area contributed by atoms with E-state index in [0.717, 1.165) is 18.4 Å². The molecule has 27 heavy (non-hydrogen) atoms. The number of aromatic carboxylic acids is 1. The minimum atomic E-state index is -1.42. The lowest BCUT2D eigenvalue weighted by Crippen LogP contribution is -2.00. The van der Waals surface area contributed by atoms with Crippen LogP contribution < -0.4 is 0 Å². The van der Waals surface area contributed by atoms with Crippen molar-refractivity contribution in [3.8, 4) is 33.9 Å². The first-order chi connectivity index (χ1) is 12.7. The summed E-state index contributed by atoms with van der Waals surface area (Å²) >= 11 is 12.1. The summed E-state index contributed by atoms with van der Waals surface area (Å²) in [6.07, 6.45) is 3.52. The van der Waals surface area contributed by atoms with Crippen LogP contribution in [0.5, 0.6) is 11.5 Å². The number of nitro groups is 1. The van der Waals surface area contributed by atoms with Gasteiger partial charge in [-0.2, -0.15) is 0 Å². The highest BCUT2D eigenvalue weighted by Gasteiger charge is 2.28. The van der Waals surface area contributed by atoms with Gasteiger partial charge < -0.3 is 19.7 Å². The van der Waals surface area contributed by atoms with Crippen molar-refractivity contribution < 1.29 is 29.5 Å². The number of hydrogen-bond acceptors (Lipinski definition) is 7. The van der Waals surface area contributed by atoms with Gasteiger partial charge in [-0.15, -0.1) is 0 Å². The molecule has 0 unspecified atom stereocenters. The van der Waals surface area contributed by atoms with Crippen molar-refractivity contribution in [1.29, 1.82) is 0 Å². The summed E-state index contributed by atoms with van der Waals surface area (Å²) in [5.74, 6) is -3.35. The van der Waals surface area contributed by atoms with Gasteiger partial charge in [-0.05, 0) is 11.6 Å². The van der Waals surface area contributed by atoms with E-state index in [1.165, 1.54) is 12.4 Å². The maximum absolute atomic E-state index is 11.8. The first-order valence-electron chi connectivity index (χ1n) is 7.07. The van der Waals surface area contributed by atoms with E-state index in [1.54, 1.807) is 0 Å². The zero-order valence-electron chi connectivity index (χ0n) is 13.0. The molecule has 3 N–H and O–H groups in total. The van der Waals surface area contributed by atoms with E-state index in [4.69, 9.17) is 27.6 Å². The number of hydrogen-bond donors (Lipinski definition) is 3. The van der Waals surface area contributed by atoms with Crippen molar-refractivity contribution in [2.75, 3.05) is 0 Å². The Hall–Kier alpha value is -3.30. The number of carboxylic acid groups (broad SMARTS) is 1. The molecule has 0 saturated heterocycles. The number of nitrogens with zero attached hydrogens (tertiary/aromatic N) is 2. The lowest BCUT2D eigenvalue weighted by atomic mass is 9.99. The summed E-state index contributed by atoms with van der Waals surface area (Å²) in [5, 5.41) is 40.1. The fraction of sp³-hybridized carbons (Fsp3) is 0. The third-order valence-electron chi connectivity index (χ3n) is 3.66. The van der Waals surface area contributed by atoms with Gasteiger partial charge in [0.25, 0.3) is 0 Å². The number of phenols is 2. The third kappa shape index (κ3) is 3.14. The SMILES string of the molecule is O=C(O)c1c(-c2cc(O)c(O)c([N+](=O)[O-])c2)coc1-c1c(Cl)cncc1Cl. The summed E-state index contributed by atoms with van der Waals surface area (Å²) in [6, 6.07) is 1.88. The molecular weight excluding hydrogens is 403 g/mol. The van der Waals surface area contributed by atoms with Crippen LogP contribution in [-0.2, 0) is 0 Å². The van der Waals surface area contributed by atoms with E-state index in [-0.39, 0.29) is 38.1 Å². The Balaban J connectivity index is 2.30. The molecule has 9 nitrogen and oxygen atoms in total. The average Bonchev–Trinajstić information content (AvgIpc) is 3.01. The second-order valence-electron chi connectivity index (χ2n) is 5.26. The minimum absolute atomic E-state index is 0.0328. The van der Waals surface area contributed by atoms with Gasteiger partial charge in [0.1, 0.15) is 5.56 Å². The average molecular weight is 411 g/mol. The number of carbonyl (C=O) groups is 1. The van der Waals surface area contributed by atoms with Crippen LogP contribution in [0.3, 0.4) is 0 Å². The Bertz CT molecular complexity index is 1070. The predicted molar refractivity (Wildman–Crippen MR) is 94.3 cm³/mol. The molecule has 0 atom stereocenters. The fourth-order valence-corrected chi connectivity index (χ4v) is 3.03. The Morgan fingerprint density at radius 1 is 1.19 bits per heavy atom. The maximum atomic E-state index is 11.8. The van der Waals surface area contributed by atoms with Crippen molar-refractivity contribution >= 4 is 34.9 Å². The fourth-order valence-electron chi connectivity index (χ4n) is 2.49. The predicted octanol–water partition coefficient (Wildman–Crippen LogP) is 4.33. The molecule has 0 radical (unpaired) electrons. The highest BCUT2D eigenvalue weighted by atomic mass is 35.5. The van der Waals surface area contributed by atoms with Crippen molar-refractivity contribution in [3.63, 3.8) is 0 Å². The number of aromatic nitrogens is 1. The number of halogens is 2. The maximum Gasteiger partial charge on any atom is 0.340 e. The molecular formula is C16H8Cl2N2O7. The van der Waals surface area contributed by atoms with Crippen LogP contribution in [0.4, 0.5) is 5.69 Å². The molecule has 0 saturated carbocycles. The summed E-state index contributed by atoms with van der Waals surface area (Å²) < 4.78 is 5.34. The number of benzene rings is 1. The molecule has 0 amide bonds. The van der Waals surface area contributed by atoms with Gasteiger partial charge in [0.2, 0.25) is 5.75 Å². The molecule has 2 aromatic heterocycles. The first kappa shape index (κ1) is 18.5. The monoisotopic (exact) mass is 410 g/mol. The Morgan fingerprint density at radius 3 is 2.37 bits per heavy atom. The van der Waals surface area contributed by atoms with Crippen LogP contribution in [0.25, 0.3) is 22.5 Å². The standard InChI is InChI=1S/C16H8Cl2N2O7/c17-8-3-19-4-9(18)13(8)15-12(16(23)24)7(5-27-15)6-1-10(20(25)26)14(22)11(21)2-6/h1-5,21-22H,(H,23,24). The highest BCUT2D eigenvalue weighted by Crippen LogP contribution is 2.44. The Labute approximate surface area is 160 Å². The van der Waals surface area contributed by atoms with Gasteiger partial charge in [0.15, 0.2) is 11.5 Å². The lowest BCUT2D eigenvalue weighted by molar-refractivity contribution is -0.385. The van der Waals surface area contributed by atoms with E-state index >= 15 is 0 Å². The second-order valence-corrected chi connectivity index (χ2v) is 6.07. The van der Waals surface area contributed by atoms with Gasteiger partial charge in [0, 0.05) is 24.0 Å². The number of carboxylic acids is 1. The molecule has 11 heteroatoms. The number of aromatic hydroxyl groups is 2. The molecule has 0 aliphatic carbocycles. The molecule has 0 aliphatic heterocycles. The lowest BCUT2D eigenvalue weighted by Gasteiger charge is -2.06. The van der Waals surface area contributed by atoms with Crippen molar-refractivity contribution in [3.05, 3.63) is 56.5 Å². The van der Waals surface area contributed by atoms with Crippen LogP contribution >= 0.6 is 23.2 Å². The molecule has 3 aromatic rings. The van der Waals surface area contributed by atoms with E-state index < -0.39 is 28.1 Å². The summed E-state index contributed by atoms with van der Waals surface area (Å²) in [6.45, 7) is 0. The van der Waals surface area contributed by atoms with Crippen LogP contribution in [0, 0.1) is 10.1 Å². The van der Waals surface area contributed by atoms with E-state index in [1.807, 2.05) is 0 Å². The Kier molecular flexibility index (Phi) is 4.64. The van der Waals surface area contributed by atoms with Gasteiger partial charge >= 0.3 is 11.7 Å². The summed E-state index contributed by atoms with van der Waals surface area (Å²) in [5.41, 5.74) is -1.26. The molecule has 3 rings (SSSR count). The quantitative estimate of drug-likeness (QED) is 0.326.